The van der Waals surface area contributed by atoms with Crippen molar-refractivity contribution in [3.05, 3.63) is 35.4 Å². The van der Waals surface area contributed by atoms with Crippen molar-refractivity contribution >= 4 is 0 Å². The largest absolute Gasteiger partial charge is 0.507 e. The molecule has 2 aromatic rings. The number of hydrogen-bond acceptors (Lipinski definition) is 7. The normalized spacial score (nSPS) is 12.2. The van der Waals surface area contributed by atoms with Gasteiger partial charge in [0, 0.05) is 18.1 Å². The summed E-state index contributed by atoms with van der Waals surface area (Å²) in [6, 6.07) is 4.93. The van der Waals surface area contributed by atoms with E-state index in [1.807, 2.05) is 0 Å². The second-order valence-corrected chi connectivity index (χ2v) is 4.98. The third kappa shape index (κ3) is 3.09. The zero-order chi connectivity index (χ0) is 16.4. The lowest BCUT2D eigenvalue weighted by atomic mass is 9.99. The Balaban J connectivity index is 2.17. The van der Waals surface area contributed by atoms with E-state index in [0.29, 0.717) is 5.56 Å². The van der Waals surface area contributed by atoms with Gasteiger partial charge in [0.05, 0.1) is 6.10 Å². The van der Waals surface area contributed by atoms with Crippen LogP contribution in [-0.2, 0) is 12.8 Å². The van der Waals surface area contributed by atoms with Crippen molar-refractivity contribution in [1.29, 1.82) is 0 Å². The maximum atomic E-state index is 10.0. The van der Waals surface area contributed by atoms with Gasteiger partial charge in [-0.3, -0.25) is 0 Å². The van der Waals surface area contributed by atoms with E-state index in [9.17, 15) is 35.7 Å². The van der Waals surface area contributed by atoms with Crippen molar-refractivity contribution < 1.29 is 35.7 Å². The summed E-state index contributed by atoms with van der Waals surface area (Å²) in [6.07, 6.45) is -1.15. The number of phenolic OH excluding ortho intramolecular Hbond substituents is 6. The highest BCUT2D eigenvalue weighted by Gasteiger charge is 2.19. The highest BCUT2D eigenvalue weighted by atomic mass is 16.3. The SMILES string of the molecule is Oc1ccc(CC(O)Cc2c(O)cc(O)c(O)c2O)cc1O. The number of phenols is 6. The Morgan fingerprint density at radius 2 is 1.36 bits per heavy atom. The Morgan fingerprint density at radius 1 is 0.682 bits per heavy atom. The molecule has 0 aliphatic carbocycles. The van der Waals surface area contributed by atoms with E-state index in [1.165, 1.54) is 18.2 Å². The molecule has 0 amide bonds. The average molecular weight is 308 g/mol. The van der Waals surface area contributed by atoms with Crippen LogP contribution in [0.5, 0.6) is 34.5 Å². The molecule has 0 spiro atoms. The molecule has 0 aliphatic heterocycles. The summed E-state index contributed by atoms with van der Waals surface area (Å²) in [5.74, 6) is -3.21. The molecule has 0 fully saturated rings. The lowest BCUT2D eigenvalue weighted by Gasteiger charge is -2.15. The molecule has 118 valence electrons. The zero-order valence-electron chi connectivity index (χ0n) is 11.4. The summed E-state index contributed by atoms with van der Waals surface area (Å²) >= 11 is 0. The highest BCUT2D eigenvalue weighted by molar-refractivity contribution is 5.59. The summed E-state index contributed by atoms with van der Waals surface area (Å²) in [7, 11) is 0. The van der Waals surface area contributed by atoms with E-state index in [0.717, 1.165) is 6.07 Å². The first-order chi connectivity index (χ1) is 10.3. The minimum atomic E-state index is -1.04. The molecule has 7 heteroatoms. The first-order valence-electron chi connectivity index (χ1n) is 6.44. The molecule has 0 bridgehead atoms. The van der Waals surface area contributed by atoms with Crippen molar-refractivity contribution in [1.82, 2.24) is 0 Å². The quantitative estimate of drug-likeness (QED) is 0.331. The Morgan fingerprint density at radius 3 is 2.00 bits per heavy atom. The fourth-order valence-electron chi connectivity index (χ4n) is 2.15. The molecule has 7 N–H and O–H groups in total. The Hall–Kier alpha value is -2.80. The molecule has 0 aliphatic rings. The molecule has 1 atom stereocenters. The molecule has 0 saturated carbocycles. The molecule has 7 nitrogen and oxygen atoms in total. The van der Waals surface area contributed by atoms with E-state index in [4.69, 9.17) is 0 Å². The Labute approximate surface area is 125 Å². The first-order valence-corrected chi connectivity index (χ1v) is 6.44. The lowest BCUT2D eigenvalue weighted by Crippen LogP contribution is -2.14. The van der Waals surface area contributed by atoms with Gasteiger partial charge in [-0.15, -0.1) is 0 Å². The van der Waals surface area contributed by atoms with E-state index in [-0.39, 0.29) is 29.9 Å². The molecule has 1 unspecified atom stereocenters. The predicted molar refractivity (Wildman–Crippen MR) is 76.3 cm³/mol. The van der Waals surface area contributed by atoms with Gasteiger partial charge in [0.25, 0.3) is 0 Å². The molecular weight excluding hydrogens is 292 g/mol. The van der Waals surface area contributed by atoms with E-state index in [2.05, 4.69) is 0 Å². The number of aliphatic hydroxyl groups is 1. The topological polar surface area (TPSA) is 142 Å². The molecule has 2 aromatic carbocycles. The van der Waals surface area contributed by atoms with Gasteiger partial charge in [-0.25, -0.2) is 0 Å². The van der Waals surface area contributed by atoms with Crippen molar-refractivity contribution in [3.63, 3.8) is 0 Å². The third-order valence-electron chi connectivity index (χ3n) is 3.29. The van der Waals surface area contributed by atoms with Crippen LogP contribution in [0.3, 0.4) is 0 Å². The molecule has 0 heterocycles. The summed E-state index contributed by atoms with van der Waals surface area (Å²) in [6.45, 7) is 0. The summed E-state index contributed by atoms with van der Waals surface area (Å²) in [4.78, 5) is 0. The van der Waals surface area contributed by atoms with Gasteiger partial charge in [-0.1, -0.05) is 6.07 Å². The number of benzene rings is 2. The molecule has 0 radical (unpaired) electrons. The Bertz CT molecular complexity index is 697. The number of aliphatic hydroxyl groups excluding tert-OH is 1. The van der Waals surface area contributed by atoms with Crippen molar-refractivity contribution in [2.24, 2.45) is 0 Å². The standard InChI is InChI=1S/C15H16O7/c16-8(3-7-1-2-10(17)12(19)4-7)5-9-11(18)6-13(20)15(22)14(9)21/h1-2,4,6,8,16-22H,3,5H2. The van der Waals surface area contributed by atoms with Crippen molar-refractivity contribution in [2.45, 2.75) is 18.9 Å². The van der Waals surface area contributed by atoms with Gasteiger partial charge in [0.2, 0.25) is 5.75 Å². The average Bonchev–Trinajstić information content (AvgIpc) is 2.45. The van der Waals surface area contributed by atoms with Crippen LogP contribution in [0.15, 0.2) is 24.3 Å². The van der Waals surface area contributed by atoms with Gasteiger partial charge in [0.1, 0.15) is 5.75 Å². The van der Waals surface area contributed by atoms with Crippen LogP contribution in [0.4, 0.5) is 0 Å². The second-order valence-electron chi connectivity index (χ2n) is 4.98. The second kappa shape index (κ2) is 5.90. The van der Waals surface area contributed by atoms with Crippen LogP contribution < -0.4 is 0 Å². The number of aromatic hydroxyl groups is 6. The summed E-state index contributed by atoms with van der Waals surface area (Å²) < 4.78 is 0. The fraction of sp³-hybridized carbons (Fsp3) is 0.200. The van der Waals surface area contributed by atoms with Crippen molar-refractivity contribution in [3.8, 4) is 34.5 Å². The van der Waals surface area contributed by atoms with Crippen LogP contribution in [-0.4, -0.2) is 41.8 Å². The first kappa shape index (κ1) is 15.6. The van der Waals surface area contributed by atoms with Crippen LogP contribution in [0, 0.1) is 0 Å². The molecule has 0 saturated heterocycles. The zero-order valence-corrected chi connectivity index (χ0v) is 11.4. The maximum absolute atomic E-state index is 10.0. The minimum Gasteiger partial charge on any atom is -0.507 e. The van der Waals surface area contributed by atoms with Gasteiger partial charge in [-0.05, 0) is 24.1 Å². The van der Waals surface area contributed by atoms with Crippen LogP contribution in [0.2, 0.25) is 0 Å². The summed E-state index contributed by atoms with van der Waals surface area (Å²) in [5, 5.41) is 66.7. The highest BCUT2D eigenvalue weighted by Crippen LogP contribution is 2.43. The van der Waals surface area contributed by atoms with E-state index in [1.54, 1.807) is 0 Å². The van der Waals surface area contributed by atoms with Crippen LogP contribution in [0.25, 0.3) is 0 Å². The van der Waals surface area contributed by atoms with Gasteiger partial charge in [0.15, 0.2) is 23.0 Å². The smallest absolute Gasteiger partial charge is 0.200 e. The van der Waals surface area contributed by atoms with Crippen LogP contribution >= 0.6 is 0 Å². The molecular formula is C15H16O7. The van der Waals surface area contributed by atoms with Gasteiger partial charge >= 0.3 is 0 Å². The van der Waals surface area contributed by atoms with Gasteiger partial charge < -0.3 is 35.7 Å². The Kier molecular flexibility index (Phi) is 4.18. The monoisotopic (exact) mass is 308 g/mol. The van der Waals surface area contributed by atoms with Crippen LogP contribution in [0.1, 0.15) is 11.1 Å². The molecule has 0 aromatic heterocycles. The number of hydrogen-bond donors (Lipinski definition) is 7. The van der Waals surface area contributed by atoms with Gasteiger partial charge in [-0.2, -0.15) is 0 Å². The fourth-order valence-corrected chi connectivity index (χ4v) is 2.15. The molecule has 22 heavy (non-hydrogen) atoms. The number of rotatable bonds is 4. The van der Waals surface area contributed by atoms with E-state index < -0.39 is 29.1 Å². The summed E-state index contributed by atoms with van der Waals surface area (Å²) in [5.41, 5.74) is 0.426. The predicted octanol–water partition coefficient (Wildman–Crippen LogP) is 1.07. The van der Waals surface area contributed by atoms with E-state index >= 15 is 0 Å². The third-order valence-corrected chi connectivity index (χ3v) is 3.29. The maximum Gasteiger partial charge on any atom is 0.200 e. The molecule has 2 rings (SSSR count). The lowest BCUT2D eigenvalue weighted by molar-refractivity contribution is 0.172. The minimum absolute atomic E-state index is 0.0777. The van der Waals surface area contributed by atoms with Crippen molar-refractivity contribution in [2.75, 3.05) is 0 Å².